The molecule has 2 aromatic carbocycles. The Morgan fingerprint density at radius 3 is 2.40 bits per heavy atom. The van der Waals surface area contributed by atoms with E-state index < -0.39 is 40.8 Å². The largest absolute Gasteiger partial charge is 0.462 e. The van der Waals surface area contributed by atoms with E-state index in [9.17, 15) is 19.2 Å². The van der Waals surface area contributed by atoms with Crippen LogP contribution < -0.4 is 11.1 Å². The van der Waals surface area contributed by atoms with Gasteiger partial charge in [0.1, 0.15) is 36.2 Å². The molecule has 2 saturated heterocycles. The maximum absolute atomic E-state index is 14.1. The summed E-state index contributed by atoms with van der Waals surface area (Å²) >= 11 is 2.48. The summed E-state index contributed by atoms with van der Waals surface area (Å²) in [5, 5.41) is 7.89. The number of nitrogen functional groups attached to an aromatic ring is 1. The van der Waals surface area contributed by atoms with Crippen molar-refractivity contribution >= 4 is 57.7 Å². The fraction of sp³-hybridized carbons (Fsp3) is 0.290. The second-order valence-electron chi connectivity index (χ2n) is 10.3. The van der Waals surface area contributed by atoms with Crippen LogP contribution in [-0.4, -0.2) is 76.8 Å². The summed E-state index contributed by atoms with van der Waals surface area (Å²) in [6.45, 7) is 1.25. The molecule has 0 saturated carbocycles. The third kappa shape index (κ3) is 7.02. The lowest BCUT2D eigenvalue weighted by Gasteiger charge is -2.53. The molecule has 14 heteroatoms. The average molecular weight is 650 g/mol. The van der Waals surface area contributed by atoms with Crippen LogP contribution >= 0.6 is 23.1 Å². The molecule has 2 fully saturated rings. The van der Waals surface area contributed by atoms with Crippen LogP contribution in [0.1, 0.15) is 29.8 Å². The lowest BCUT2D eigenvalue weighted by Crippen LogP contribution is -2.74. The van der Waals surface area contributed by atoms with Gasteiger partial charge in [-0.1, -0.05) is 78.0 Å². The zero-order chi connectivity index (χ0) is 32.0. The Morgan fingerprint density at radius 1 is 1.16 bits per heavy atom. The number of nitrogens with two attached hydrogens (primary N) is 1. The van der Waals surface area contributed by atoms with Gasteiger partial charge >= 0.3 is 11.9 Å². The Kier molecular flexibility index (Phi) is 9.83. The third-order valence-corrected chi connectivity index (χ3v) is 9.43. The number of β-lactam (4-membered cyclic amide) rings is 1. The molecule has 234 valence electrons. The molecule has 45 heavy (non-hydrogen) atoms. The van der Waals surface area contributed by atoms with Gasteiger partial charge < -0.3 is 30.3 Å². The first-order valence-corrected chi connectivity index (χ1v) is 15.8. The second-order valence-corrected chi connectivity index (χ2v) is 12.3. The van der Waals surface area contributed by atoms with Crippen molar-refractivity contribution in [2.24, 2.45) is 10.6 Å². The number of oxime groups is 1. The number of nitrogens with zero attached hydrogens (tertiary/aromatic N) is 3. The van der Waals surface area contributed by atoms with Gasteiger partial charge in [-0.05, 0) is 11.1 Å². The smallest absolute Gasteiger partial charge is 0.319 e. The number of hydrogen-bond acceptors (Lipinski definition) is 12. The minimum Gasteiger partial charge on any atom is -0.462 e. The molecule has 0 spiro atoms. The molecule has 1 aromatic heterocycles. The van der Waals surface area contributed by atoms with Gasteiger partial charge in [0.2, 0.25) is 5.91 Å². The molecule has 3 atom stereocenters. The molecule has 2 unspecified atom stereocenters. The van der Waals surface area contributed by atoms with Gasteiger partial charge in [-0.3, -0.25) is 19.2 Å². The number of ether oxygens (including phenoxy) is 2. The minimum absolute atomic E-state index is 0.00319. The highest BCUT2D eigenvalue weighted by atomic mass is 32.2. The predicted octanol–water partition coefficient (Wildman–Crippen LogP) is 2.91. The van der Waals surface area contributed by atoms with Crippen LogP contribution in [0.25, 0.3) is 0 Å². The standard InChI is InChI=1S/C31H31N5O7S2/c1-19(37)42-15-9-14-31(29(40)43-25(20-10-5-3-6-11-20)21-12-7-4-8-13-21)17-36-27(39)24(28(36)45-18-31)34-26(38)23(35-41-2)22-16-44-30(32)33-22/h3-14,16,24-25,28H,15,17-18H2,1-2H3,(H2,32,33)(H,34,38)/t24?,28-,31?/m1/s1. The van der Waals surface area contributed by atoms with Crippen molar-refractivity contribution in [1.29, 1.82) is 0 Å². The first-order valence-electron chi connectivity index (χ1n) is 13.9. The van der Waals surface area contributed by atoms with Crippen molar-refractivity contribution in [3.05, 3.63) is 95.0 Å². The van der Waals surface area contributed by atoms with Crippen molar-refractivity contribution in [3.8, 4) is 0 Å². The average Bonchev–Trinajstić information content (AvgIpc) is 3.49. The number of anilines is 1. The number of aromatic nitrogens is 1. The Hall–Kier alpha value is -4.69. The summed E-state index contributed by atoms with van der Waals surface area (Å²) in [4.78, 5) is 62.4. The fourth-order valence-electron chi connectivity index (χ4n) is 5.04. The molecular weight excluding hydrogens is 619 g/mol. The summed E-state index contributed by atoms with van der Waals surface area (Å²) in [7, 11) is 1.30. The van der Waals surface area contributed by atoms with Crippen LogP contribution in [0.3, 0.4) is 0 Å². The van der Waals surface area contributed by atoms with Crippen molar-refractivity contribution in [2.45, 2.75) is 24.4 Å². The molecule has 0 bridgehead atoms. The number of hydrogen-bond donors (Lipinski definition) is 2. The first-order chi connectivity index (χ1) is 21.7. The zero-order valence-corrected chi connectivity index (χ0v) is 26.1. The Labute approximate surface area is 267 Å². The number of rotatable bonds is 11. The number of benzene rings is 2. The second kappa shape index (κ2) is 13.9. The van der Waals surface area contributed by atoms with E-state index in [0.29, 0.717) is 0 Å². The molecule has 3 aromatic rings. The first kappa shape index (κ1) is 31.7. The highest BCUT2D eigenvalue weighted by Gasteiger charge is 2.57. The number of carbonyl (C=O) groups is 4. The number of thiazole rings is 1. The van der Waals surface area contributed by atoms with Crippen LogP contribution in [0.2, 0.25) is 0 Å². The van der Waals surface area contributed by atoms with Crippen LogP contribution in [0, 0.1) is 5.41 Å². The summed E-state index contributed by atoms with van der Waals surface area (Å²) in [6, 6.07) is 17.9. The van der Waals surface area contributed by atoms with Crippen molar-refractivity contribution in [2.75, 3.05) is 31.7 Å². The van der Waals surface area contributed by atoms with E-state index in [1.165, 1.54) is 30.7 Å². The van der Waals surface area contributed by atoms with E-state index in [1.807, 2.05) is 60.7 Å². The monoisotopic (exact) mass is 649 g/mol. The number of thioether (sulfide) groups is 1. The normalized spacial score (nSPS) is 21.2. The summed E-state index contributed by atoms with van der Waals surface area (Å²) in [5.74, 6) is -1.78. The SMILES string of the molecule is CON=C(C(=O)NC1C(=O)N2CC(C=CCOC(C)=O)(C(=O)OC(c3ccccc3)c3ccccc3)CS[C@H]12)c1csc(N)n1. The van der Waals surface area contributed by atoms with Crippen molar-refractivity contribution < 1.29 is 33.5 Å². The van der Waals surface area contributed by atoms with Crippen LogP contribution in [-0.2, 0) is 33.5 Å². The number of esters is 2. The van der Waals surface area contributed by atoms with Gasteiger partial charge in [0.25, 0.3) is 5.91 Å². The topological polar surface area (TPSA) is 163 Å². The van der Waals surface area contributed by atoms with Crippen molar-refractivity contribution in [1.82, 2.24) is 15.2 Å². The van der Waals surface area contributed by atoms with Crippen LogP contribution in [0.5, 0.6) is 0 Å². The summed E-state index contributed by atoms with van der Waals surface area (Å²) in [5.41, 5.74) is 6.14. The minimum atomic E-state index is -1.26. The quantitative estimate of drug-likeness (QED) is 0.104. The van der Waals surface area contributed by atoms with Gasteiger partial charge in [-0.2, -0.15) is 0 Å². The van der Waals surface area contributed by atoms with Gasteiger partial charge in [-0.15, -0.1) is 23.1 Å². The molecule has 3 N–H and O–H groups in total. The van der Waals surface area contributed by atoms with Crippen LogP contribution in [0.15, 0.2) is 83.4 Å². The van der Waals surface area contributed by atoms with Crippen LogP contribution in [0.4, 0.5) is 5.13 Å². The lowest BCUT2D eigenvalue weighted by atomic mass is 9.86. The number of nitrogens with one attached hydrogen (secondary N) is 1. The van der Waals surface area contributed by atoms with E-state index in [0.717, 1.165) is 22.5 Å². The highest BCUT2D eigenvalue weighted by Crippen LogP contribution is 2.44. The highest BCUT2D eigenvalue weighted by molar-refractivity contribution is 8.00. The van der Waals surface area contributed by atoms with Crippen molar-refractivity contribution in [3.63, 3.8) is 0 Å². The Balaban J connectivity index is 1.36. The maximum Gasteiger partial charge on any atom is 0.319 e. The molecule has 2 aliphatic heterocycles. The lowest BCUT2D eigenvalue weighted by molar-refractivity contribution is -0.162. The van der Waals surface area contributed by atoms with E-state index >= 15 is 0 Å². The fourth-order valence-corrected chi connectivity index (χ4v) is 7.09. The molecule has 3 heterocycles. The molecule has 2 aliphatic rings. The summed E-state index contributed by atoms with van der Waals surface area (Å²) in [6.07, 6.45) is 2.53. The Bertz CT molecular complexity index is 1570. The van der Waals surface area contributed by atoms with Gasteiger partial charge in [0, 0.05) is 24.6 Å². The Morgan fingerprint density at radius 2 is 1.82 bits per heavy atom. The zero-order valence-electron chi connectivity index (χ0n) is 24.5. The van der Waals surface area contributed by atoms with E-state index in [2.05, 4.69) is 15.5 Å². The van der Waals surface area contributed by atoms with E-state index in [4.69, 9.17) is 20.0 Å². The third-order valence-electron chi connectivity index (χ3n) is 7.21. The molecule has 0 aliphatic carbocycles. The van der Waals surface area contributed by atoms with Gasteiger partial charge in [0.05, 0.1) is 0 Å². The van der Waals surface area contributed by atoms with Gasteiger partial charge in [0.15, 0.2) is 16.9 Å². The van der Waals surface area contributed by atoms with E-state index in [-0.39, 0.29) is 41.3 Å². The molecule has 12 nitrogen and oxygen atoms in total. The van der Waals surface area contributed by atoms with E-state index in [1.54, 1.807) is 17.5 Å². The molecule has 2 amide bonds. The summed E-state index contributed by atoms with van der Waals surface area (Å²) < 4.78 is 11.3. The number of amides is 2. The number of fused-ring (bicyclic) bond motifs is 1. The number of carbonyl (C=O) groups excluding carboxylic acids is 4. The molecule has 0 radical (unpaired) electrons. The maximum atomic E-state index is 14.1. The predicted molar refractivity (Wildman–Crippen MR) is 169 cm³/mol. The molecule has 5 rings (SSSR count). The molecular formula is C31H31N5O7S2. The van der Waals surface area contributed by atoms with Gasteiger partial charge in [-0.25, -0.2) is 4.98 Å².